The molecule has 0 radical (unpaired) electrons. The minimum atomic E-state index is -4.78. The number of rotatable bonds is 6. The van der Waals surface area contributed by atoms with Crippen molar-refractivity contribution < 1.29 is 27.4 Å². The molecule has 1 amide bonds. The van der Waals surface area contributed by atoms with Crippen molar-refractivity contribution in [2.75, 3.05) is 30.4 Å². The maximum atomic E-state index is 12.9. The van der Waals surface area contributed by atoms with Crippen molar-refractivity contribution in [1.29, 1.82) is 0 Å². The summed E-state index contributed by atoms with van der Waals surface area (Å²) < 4.78 is 46.1. The summed E-state index contributed by atoms with van der Waals surface area (Å²) in [6, 6.07) is 8.48. The van der Waals surface area contributed by atoms with Crippen molar-refractivity contribution in [3.63, 3.8) is 0 Å². The lowest BCUT2D eigenvalue weighted by Gasteiger charge is -2.21. The summed E-state index contributed by atoms with van der Waals surface area (Å²) in [7, 11) is 1.55. The average Bonchev–Trinajstić information content (AvgIpc) is 3.34. The van der Waals surface area contributed by atoms with Crippen LogP contribution < -0.4 is 19.7 Å². The summed E-state index contributed by atoms with van der Waals surface area (Å²) in [5.74, 6) is 0.519. The number of halogens is 3. The Hall–Kier alpha value is -3.82. The van der Waals surface area contributed by atoms with Gasteiger partial charge in [0.05, 0.1) is 18.9 Å². The molecule has 1 saturated heterocycles. The summed E-state index contributed by atoms with van der Waals surface area (Å²) >= 11 is 0. The highest BCUT2D eigenvalue weighted by atomic mass is 19.4. The second kappa shape index (κ2) is 9.35. The van der Waals surface area contributed by atoms with Crippen molar-refractivity contribution in [3.8, 4) is 22.6 Å². The molecular weight excluding hydrogens is 437 g/mol. The highest BCUT2D eigenvalue weighted by Crippen LogP contribution is 2.33. The van der Waals surface area contributed by atoms with E-state index in [0.717, 1.165) is 55.0 Å². The molecule has 2 aromatic heterocycles. The normalized spacial score (nSPS) is 13.6. The van der Waals surface area contributed by atoms with Gasteiger partial charge in [0, 0.05) is 42.3 Å². The zero-order chi connectivity index (χ0) is 23.4. The minimum absolute atomic E-state index is 0.298. The maximum Gasteiger partial charge on any atom is 0.573 e. The Morgan fingerprint density at radius 2 is 1.76 bits per heavy atom. The Kier molecular flexibility index (Phi) is 6.34. The summed E-state index contributed by atoms with van der Waals surface area (Å²) in [4.78, 5) is 23.8. The molecule has 3 aromatic rings. The Labute approximate surface area is 188 Å². The van der Waals surface area contributed by atoms with Crippen LogP contribution >= 0.6 is 0 Å². The molecule has 1 aliphatic rings. The van der Waals surface area contributed by atoms with E-state index in [-0.39, 0.29) is 5.75 Å². The summed E-state index contributed by atoms with van der Waals surface area (Å²) in [6.07, 6.45) is 2.11. The molecule has 0 saturated carbocycles. The lowest BCUT2D eigenvalue weighted by atomic mass is 10.1. The SMILES string of the molecule is COc1cncc(-c2cc(C(=O)Nc3ccc(OC(F)(F)F)cc3)cnc2N2CCCC2)c1. The molecule has 1 aromatic carbocycles. The van der Waals surface area contributed by atoms with Gasteiger partial charge in [0.15, 0.2) is 0 Å². The smallest absolute Gasteiger partial charge is 0.495 e. The van der Waals surface area contributed by atoms with Crippen molar-refractivity contribution in [2.24, 2.45) is 0 Å². The van der Waals surface area contributed by atoms with E-state index in [1.807, 2.05) is 6.07 Å². The number of benzene rings is 1. The first-order valence-electron chi connectivity index (χ1n) is 10.2. The number of hydrogen-bond donors (Lipinski definition) is 1. The number of nitrogens with zero attached hydrogens (tertiary/aromatic N) is 3. The number of amides is 1. The fourth-order valence-corrected chi connectivity index (χ4v) is 3.60. The monoisotopic (exact) mass is 458 g/mol. The Bertz CT molecular complexity index is 1130. The van der Waals surface area contributed by atoms with Crippen molar-refractivity contribution in [1.82, 2.24) is 9.97 Å². The number of nitrogens with one attached hydrogen (secondary N) is 1. The molecular formula is C23H21F3N4O3. The number of aromatic nitrogens is 2. The third kappa shape index (κ3) is 5.51. The van der Waals surface area contributed by atoms with Crippen LogP contribution in [0, 0.1) is 0 Å². The molecule has 172 valence electrons. The molecule has 0 unspecified atom stereocenters. The Morgan fingerprint density at radius 3 is 2.42 bits per heavy atom. The van der Waals surface area contributed by atoms with Gasteiger partial charge >= 0.3 is 6.36 Å². The zero-order valence-corrected chi connectivity index (χ0v) is 17.7. The molecule has 0 aliphatic carbocycles. The first kappa shape index (κ1) is 22.4. The number of hydrogen-bond acceptors (Lipinski definition) is 6. The largest absolute Gasteiger partial charge is 0.573 e. The number of carbonyl (C=O) groups excluding carboxylic acids is 1. The maximum absolute atomic E-state index is 12.9. The Balaban J connectivity index is 1.60. The number of ether oxygens (including phenoxy) is 2. The van der Waals surface area contributed by atoms with Crippen LogP contribution in [0.2, 0.25) is 0 Å². The summed E-state index contributed by atoms with van der Waals surface area (Å²) in [5.41, 5.74) is 2.12. The van der Waals surface area contributed by atoms with Crippen LogP contribution in [0.3, 0.4) is 0 Å². The van der Waals surface area contributed by atoms with Gasteiger partial charge in [0.25, 0.3) is 5.91 Å². The fraction of sp³-hybridized carbons (Fsp3) is 0.261. The second-order valence-corrected chi connectivity index (χ2v) is 7.43. The molecule has 0 atom stereocenters. The van der Waals surface area contributed by atoms with Crippen molar-refractivity contribution >= 4 is 17.4 Å². The molecule has 33 heavy (non-hydrogen) atoms. The molecule has 3 heterocycles. The lowest BCUT2D eigenvalue weighted by Crippen LogP contribution is -2.21. The molecule has 7 nitrogen and oxygen atoms in total. The topological polar surface area (TPSA) is 76.6 Å². The standard InChI is InChI=1S/C23H21F3N4O3/c1-32-19-10-15(12-27-14-19)20-11-16(13-28-21(20)30-8-2-3-9-30)22(31)29-17-4-6-18(7-5-17)33-23(24,25)26/h4-7,10-14H,2-3,8-9H2,1H3,(H,29,31). The van der Waals surface area contributed by atoms with Gasteiger partial charge in [-0.3, -0.25) is 9.78 Å². The van der Waals surface area contributed by atoms with Gasteiger partial charge < -0.3 is 19.7 Å². The average molecular weight is 458 g/mol. The van der Waals surface area contributed by atoms with E-state index in [1.165, 1.54) is 18.3 Å². The number of pyridine rings is 2. The molecule has 0 spiro atoms. The van der Waals surface area contributed by atoms with E-state index < -0.39 is 12.3 Å². The van der Waals surface area contributed by atoms with Gasteiger partial charge in [0.1, 0.15) is 17.3 Å². The first-order chi connectivity index (χ1) is 15.8. The lowest BCUT2D eigenvalue weighted by molar-refractivity contribution is -0.274. The molecule has 10 heteroatoms. The van der Waals surface area contributed by atoms with E-state index in [1.54, 1.807) is 25.6 Å². The molecule has 4 rings (SSSR count). The predicted octanol–water partition coefficient (Wildman–Crippen LogP) is 4.90. The van der Waals surface area contributed by atoms with Crippen LogP contribution in [-0.2, 0) is 0 Å². The van der Waals surface area contributed by atoms with Crippen molar-refractivity contribution in [3.05, 3.63) is 60.6 Å². The Morgan fingerprint density at radius 1 is 1.03 bits per heavy atom. The number of methoxy groups -OCH3 is 1. The van der Waals surface area contributed by atoms with Gasteiger partial charge in [-0.1, -0.05) is 0 Å². The summed E-state index contributed by atoms with van der Waals surface area (Å²) in [5, 5.41) is 2.67. The van der Waals surface area contributed by atoms with Gasteiger partial charge in [-0.25, -0.2) is 4.98 Å². The zero-order valence-electron chi connectivity index (χ0n) is 17.7. The van der Waals surface area contributed by atoms with E-state index >= 15 is 0 Å². The number of alkyl halides is 3. The minimum Gasteiger partial charge on any atom is -0.495 e. The first-order valence-corrected chi connectivity index (χ1v) is 10.2. The van der Waals surface area contributed by atoms with Gasteiger partial charge in [-0.05, 0) is 49.2 Å². The van der Waals surface area contributed by atoms with Crippen LogP contribution in [-0.4, -0.2) is 42.4 Å². The van der Waals surface area contributed by atoms with E-state index in [9.17, 15) is 18.0 Å². The van der Waals surface area contributed by atoms with Gasteiger partial charge in [0.2, 0.25) is 0 Å². The third-order valence-corrected chi connectivity index (χ3v) is 5.14. The number of carbonyl (C=O) groups is 1. The van der Waals surface area contributed by atoms with Crippen LogP contribution in [0.15, 0.2) is 55.0 Å². The van der Waals surface area contributed by atoms with Gasteiger partial charge in [-0.15, -0.1) is 13.2 Å². The molecule has 1 fully saturated rings. The van der Waals surface area contributed by atoms with Crippen LogP contribution in [0.1, 0.15) is 23.2 Å². The van der Waals surface area contributed by atoms with E-state index in [0.29, 0.717) is 17.0 Å². The quantitative estimate of drug-likeness (QED) is 0.566. The molecule has 1 aliphatic heterocycles. The van der Waals surface area contributed by atoms with E-state index in [2.05, 4.69) is 24.9 Å². The van der Waals surface area contributed by atoms with Crippen LogP contribution in [0.4, 0.5) is 24.7 Å². The van der Waals surface area contributed by atoms with Crippen LogP contribution in [0.25, 0.3) is 11.1 Å². The number of anilines is 2. The molecule has 0 bridgehead atoms. The predicted molar refractivity (Wildman–Crippen MR) is 117 cm³/mol. The van der Waals surface area contributed by atoms with Crippen molar-refractivity contribution in [2.45, 2.75) is 19.2 Å². The highest BCUT2D eigenvalue weighted by molar-refractivity contribution is 6.05. The fourth-order valence-electron chi connectivity index (χ4n) is 3.60. The van der Waals surface area contributed by atoms with E-state index in [4.69, 9.17) is 4.74 Å². The van der Waals surface area contributed by atoms with Gasteiger partial charge in [-0.2, -0.15) is 0 Å². The summed E-state index contributed by atoms with van der Waals surface area (Å²) in [6.45, 7) is 1.74. The third-order valence-electron chi connectivity index (χ3n) is 5.14. The highest BCUT2D eigenvalue weighted by Gasteiger charge is 2.31. The molecule has 1 N–H and O–H groups in total. The van der Waals surface area contributed by atoms with Crippen LogP contribution in [0.5, 0.6) is 11.5 Å². The second-order valence-electron chi connectivity index (χ2n) is 7.43.